The van der Waals surface area contributed by atoms with Gasteiger partial charge in [-0.2, -0.15) is 0 Å². The maximum absolute atomic E-state index is 11.5. The van der Waals surface area contributed by atoms with E-state index in [4.69, 9.17) is 11.6 Å². The number of benzene rings is 1. The fourth-order valence-electron chi connectivity index (χ4n) is 5.08. The zero-order chi connectivity index (χ0) is 20.9. The largest absolute Gasteiger partial charge is 0.387 e. The second-order valence-electron chi connectivity index (χ2n) is 8.90. The minimum absolute atomic E-state index is 0.243. The van der Waals surface area contributed by atoms with Gasteiger partial charge < -0.3 is 14.4 Å². The molecule has 0 spiro atoms. The van der Waals surface area contributed by atoms with Gasteiger partial charge in [0.2, 0.25) is 0 Å². The molecule has 5 nitrogen and oxygen atoms in total. The summed E-state index contributed by atoms with van der Waals surface area (Å²) in [6.45, 7) is 1.84. The van der Waals surface area contributed by atoms with Crippen molar-refractivity contribution in [1.29, 1.82) is 0 Å². The summed E-state index contributed by atoms with van der Waals surface area (Å²) in [4.78, 5) is 11.1. The third-order valence-electron chi connectivity index (χ3n) is 6.98. The lowest BCUT2D eigenvalue weighted by Crippen LogP contribution is -2.36. The van der Waals surface area contributed by atoms with Crippen LogP contribution in [0.2, 0.25) is 5.02 Å². The zero-order valence-corrected chi connectivity index (χ0v) is 18.0. The topological polar surface area (TPSA) is 53.7 Å². The Balaban J connectivity index is 1.24. The Morgan fingerprint density at radius 3 is 2.68 bits per heavy atom. The molecule has 0 amide bonds. The molecule has 0 radical (unpaired) electrons. The number of halogens is 1. The summed E-state index contributed by atoms with van der Waals surface area (Å²) in [6, 6.07) is 12.5. The first kappa shape index (κ1) is 19.1. The summed E-state index contributed by atoms with van der Waals surface area (Å²) in [5, 5.41) is 13.2. The Morgan fingerprint density at radius 1 is 1.03 bits per heavy atom. The van der Waals surface area contributed by atoms with Crippen LogP contribution in [0.5, 0.6) is 0 Å². The quantitative estimate of drug-likeness (QED) is 0.471. The third-order valence-corrected chi connectivity index (χ3v) is 7.31. The molecule has 1 aromatic carbocycles. The van der Waals surface area contributed by atoms with Gasteiger partial charge in [0, 0.05) is 30.4 Å². The molecule has 3 aromatic heterocycles. The maximum Gasteiger partial charge on any atom is 0.0995 e. The van der Waals surface area contributed by atoms with Crippen LogP contribution in [-0.4, -0.2) is 32.6 Å². The molecule has 1 unspecified atom stereocenters. The van der Waals surface area contributed by atoms with E-state index in [1.165, 1.54) is 24.1 Å². The number of hydrogen-bond acceptors (Lipinski definition) is 4. The van der Waals surface area contributed by atoms with Gasteiger partial charge in [-0.25, -0.2) is 4.98 Å². The van der Waals surface area contributed by atoms with E-state index in [9.17, 15) is 5.11 Å². The number of nitrogens with zero attached hydrogens (tertiary/aromatic N) is 4. The van der Waals surface area contributed by atoms with Crippen molar-refractivity contribution in [1.82, 2.24) is 14.4 Å². The van der Waals surface area contributed by atoms with Gasteiger partial charge >= 0.3 is 0 Å². The zero-order valence-electron chi connectivity index (χ0n) is 17.3. The van der Waals surface area contributed by atoms with Gasteiger partial charge in [-0.15, -0.1) is 0 Å². The molecule has 158 valence electrons. The SMILES string of the molecule is OC(c1c(C2CC2)ccc2cncn12)C1CCN(c2ccc3nccc(Cl)c3c2)CC1. The van der Waals surface area contributed by atoms with Crippen LogP contribution in [0.4, 0.5) is 5.69 Å². The summed E-state index contributed by atoms with van der Waals surface area (Å²) in [6.07, 6.45) is 9.34. The van der Waals surface area contributed by atoms with Crippen molar-refractivity contribution in [2.24, 2.45) is 5.92 Å². The first-order valence-corrected chi connectivity index (χ1v) is 11.5. The van der Waals surface area contributed by atoms with E-state index < -0.39 is 6.10 Å². The number of rotatable bonds is 4. The van der Waals surface area contributed by atoms with Crippen molar-refractivity contribution in [3.05, 3.63) is 71.4 Å². The highest BCUT2D eigenvalue weighted by Gasteiger charge is 2.34. The van der Waals surface area contributed by atoms with E-state index in [0.717, 1.165) is 53.1 Å². The van der Waals surface area contributed by atoms with E-state index in [-0.39, 0.29) is 5.92 Å². The monoisotopic (exact) mass is 432 g/mol. The summed E-state index contributed by atoms with van der Waals surface area (Å²) >= 11 is 6.39. The number of aromatic nitrogens is 3. The fraction of sp³-hybridized carbons (Fsp3) is 0.360. The molecule has 4 heterocycles. The first-order chi connectivity index (χ1) is 15.2. The molecule has 1 aliphatic heterocycles. The number of hydrogen-bond donors (Lipinski definition) is 1. The fourth-order valence-corrected chi connectivity index (χ4v) is 5.28. The molecule has 2 fully saturated rings. The molecule has 1 saturated carbocycles. The van der Waals surface area contributed by atoms with Gasteiger partial charge in [0.25, 0.3) is 0 Å². The molecule has 6 rings (SSSR count). The number of piperidine rings is 1. The number of anilines is 1. The second-order valence-corrected chi connectivity index (χ2v) is 9.31. The van der Waals surface area contributed by atoms with Gasteiger partial charge in [-0.05, 0) is 73.4 Å². The highest BCUT2D eigenvalue weighted by atomic mass is 35.5. The van der Waals surface area contributed by atoms with Gasteiger partial charge in [-0.3, -0.25) is 4.98 Å². The van der Waals surface area contributed by atoms with Crippen molar-refractivity contribution in [2.75, 3.05) is 18.0 Å². The van der Waals surface area contributed by atoms with Crippen LogP contribution in [0.15, 0.2) is 55.1 Å². The standard InChI is InChI=1S/C25H25ClN4O/c26-22-7-10-28-23-6-4-18(13-21(22)23)29-11-8-17(9-12-29)25(31)24-20(16-1-2-16)5-3-19-14-27-15-30(19)24/h3-7,10,13-17,25,31H,1-2,8-9,11-12H2. The molecular weight excluding hydrogens is 408 g/mol. The summed E-state index contributed by atoms with van der Waals surface area (Å²) in [5.41, 5.74) is 5.50. The van der Waals surface area contributed by atoms with Gasteiger partial charge in [-0.1, -0.05) is 17.7 Å². The van der Waals surface area contributed by atoms with Crippen LogP contribution < -0.4 is 4.90 Å². The Hall–Kier alpha value is -2.63. The number of pyridine rings is 2. The first-order valence-electron chi connectivity index (χ1n) is 11.1. The van der Waals surface area contributed by atoms with E-state index in [1.54, 1.807) is 6.20 Å². The van der Waals surface area contributed by atoms with Crippen molar-refractivity contribution >= 4 is 33.7 Å². The lowest BCUT2D eigenvalue weighted by Gasteiger charge is -2.36. The van der Waals surface area contributed by atoms with E-state index in [2.05, 4.69) is 43.5 Å². The van der Waals surface area contributed by atoms with Crippen LogP contribution in [0.25, 0.3) is 16.4 Å². The summed E-state index contributed by atoms with van der Waals surface area (Å²) in [5.74, 6) is 0.833. The average Bonchev–Trinajstić information content (AvgIpc) is 3.54. The number of aliphatic hydroxyl groups is 1. The molecule has 2 aliphatic rings. The normalized spacial score (nSPS) is 18.7. The number of imidazole rings is 1. The van der Waals surface area contributed by atoms with Crippen LogP contribution in [0, 0.1) is 5.92 Å². The lowest BCUT2D eigenvalue weighted by molar-refractivity contribution is 0.0871. The van der Waals surface area contributed by atoms with Crippen LogP contribution in [-0.2, 0) is 0 Å². The predicted octanol–water partition coefficient (Wildman–Crippen LogP) is 5.36. The minimum Gasteiger partial charge on any atom is -0.387 e. The minimum atomic E-state index is -0.467. The number of aliphatic hydroxyl groups excluding tert-OH is 1. The smallest absolute Gasteiger partial charge is 0.0995 e. The molecule has 1 saturated heterocycles. The van der Waals surface area contributed by atoms with Crippen molar-refractivity contribution < 1.29 is 5.11 Å². The van der Waals surface area contributed by atoms with Crippen molar-refractivity contribution in [3.63, 3.8) is 0 Å². The predicted molar refractivity (Wildman–Crippen MR) is 124 cm³/mol. The van der Waals surface area contributed by atoms with E-state index in [0.29, 0.717) is 5.92 Å². The molecule has 1 atom stereocenters. The Labute approximate surface area is 186 Å². The summed E-state index contributed by atoms with van der Waals surface area (Å²) < 4.78 is 2.10. The molecule has 0 bridgehead atoms. The van der Waals surface area contributed by atoms with E-state index in [1.807, 2.05) is 24.7 Å². The molecule has 31 heavy (non-hydrogen) atoms. The van der Waals surface area contributed by atoms with Crippen molar-refractivity contribution in [2.45, 2.75) is 37.7 Å². The van der Waals surface area contributed by atoms with Gasteiger partial charge in [0.1, 0.15) is 0 Å². The van der Waals surface area contributed by atoms with Crippen LogP contribution >= 0.6 is 11.6 Å². The van der Waals surface area contributed by atoms with E-state index >= 15 is 0 Å². The molecule has 6 heteroatoms. The maximum atomic E-state index is 11.5. The third kappa shape index (κ3) is 3.36. The molecule has 1 aliphatic carbocycles. The lowest BCUT2D eigenvalue weighted by atomic mass is 9.87. The van der Waals surface area contributed by atoms with Gasteiger partial charge in [0.15, 0.2) is 0 Å². The Kier molecular flexibility index (Phi) is 4.62. The average molecular weight is 433 g/mol. The Bertz CT molecular complexity index is 1260. The molecular formula is C25H25ClN4O. The van der Waals surface area contributed by atoms with Crippen LogP contribution in [0.3, 0.4) is 0 Å². The number of fused-ring (bicyclic) bond motifs is 2. The Morgan fingerprint density at radius 2 is 1.87 bits per heavy atom. The van der Waals surface area contributed by atoms with Gasteiger partial charge in [0.05, 0.1) is 40.4 Å². The highest BCUT2D eigenvalue weighted by molar-refractivity contribution is 6.35. The second kappa shape index (κ2) is 7.50. The molecule has 4 aromatic rings. The highest BCUT2D eigenvalue weighted by Crippen LogP contribution is 2.45. The van der Waals surface area contributed by atoms with Crippen LogP contribution in [0.1, 0.15) is 49.0 Å². The summed E-state index contributed by atoms with van der Waals surface area (Å²) in [7, 11) is 0. The molecule has 1 N–H and O–H groups in total. The van der Waals surface area contributed by atoms with Crippen molar-refractivity contribution in [3.8, 4) is 0 Å².